The van der Waals surface area contributed by atoms with Crippen molar-refractivity contribution in [2.75, 3.05) is 5.32 Å². The lowest BCUT2D eigenvalue weighted by atomic mass is 10.1. The Morgan fingerprint density at radius 2 is 1.90 bits per heavy atom. The molecule has 3 heterocycles. The molecule has 0 saturated heterocycles. The van der Waals surface area contributed by atoms with Gasteiger partial charge in [-0.2, -0.15) is 0 Å². The Kier molecular flexibility index (Phi) is 5.47. The van der Waals surface area contributed by atoms with Crippen molar-refractivity contribution in [3.63, 3.8) is 0 Å². The van der Waals surface area contributed by atoms with Gasteiger partial charge in [0.05, 0.1) is 5.52 Å². The number of benzene rings is 1. The van der Waals surface area contributed by atoms with Gasteiger partial charge in [0, 0.05) is 36.1 Å². The van der Waals surface area contributed by atoms with E-state index in [9.17, 15) is 0 Å². The van der Waals surface area contributed by atoms with Crippen molar-refractivity contribution in [1.82, 2.24) is 19.5 Å². The zero-order valence-electron chi connectivity index (χ0n) is 16.6. The lowest BCUT2D eigenvalue weighted by Crippen LogP contribution is -2.03. The Labute approximate surface area is 170 Å². The number of rotatable bonds is 6. The Hall–Kier alpha value is -3.73. The van der Waals surface area contributed by atoms with Gasteiger partial charge in [-0.05, 0) is 37.1 Å². The van der Waals surface area contributed by atoms with Crippen molar-refractivity contribution < 1.29 is 0 Å². The first-order chi connectivity index (χ1) is 14.3. The third kappa shape index (κ3) is 4.09. The van der Waals surface area contributed by atoms with Gasteiger partial charge in [0.1, 0.15) is 18.0 Å². The molecule has 0 bridgehead atoms. The van der Waals surface area contributed by atoms with Gasteiger partial charge in [-0.25, -0.2) is 15.0 Å². The molecule has 1 aromatic carbocycles. The highest BCUT2D eigenvalue weighted by Gasteiger charge is 2.13. The molecule has 4 rings (SSSR count). The van der Waals surface area contributed by atoms with Crippen LogP contribution >= 0.6 is 0 Å². The minimum atomic E-state index is 0.719. The molecule has 0 aliphatic carbocycles. The molecule has 1 N–H and O–H groups in total. The number of pyridine rings is 1. The van der Waals surface area contributed by atoms with Crippen molar-refractivity contribution in [3.8, 4) is 11.3 Å². The third-order valence-corrected chi connectivity index (χ3v) is 4.79. The molecule has 0 amide bonds. The average molecular weight is 381 g/mol. The number of aromatic nitrogens is 4. The van der Waals surface area contributed by atoms with E-state index < -0.39 is 0 Å². The predicted octanol–water partition coefficient (Wildman–Crippen LogP) is 5.76. The molecule has 144 valence electrons. The van der Waals surface area contributed by atoms with Gasteiger partial charge in [0.15, 0.2) is 0 Å². The van der Waals surface area contributed by atoms with Gasteiger partial charge in [-0.1, -0.05) is 48.6 Å². The standard InChI is InChI=1S/C24H23N5/c1-3-8-18(4-2)16-29-21(19-9-6-5-7-10-19)13-20-15-26-24(14-22(20)29)28-23-11-12-25-17-27-23/h3-15,17H,16H2,1-2H3,(H,25,26,27,28). The van der Waals surface area contributed by atoms with Crippen LogP contribution in [0.2, 0.25) is 0 Å². The molecular weight excluding hydrogens is 358 g/mol. The van der Waals surface area contributed by atoms with E-state index in [4.69, 9.17) is 0 Å². The van der Waals surface area contributed by atoms with Crippen molar-refractivity contribution in [1.29, 1.82) is 0 Å². The van der Waals surface area contributed by atoms with Crippen molar-refractivity contribution in [2.45, 2.75) is 20.4 Å². The number of nitrogens with one attached hydrogen (secondary N) is 1. The summed E-state index contributed by atoms with van der Waals surface area (Å²) in [6.45, 7) is 4.90. The molecule has 5 nitrogen and oxygen atoms in total. The van der Waals surface area contributed by atoms with Crippen molar-refractivity contribution >= 4 is 22.5 Å². The van der Waals surface area contributed by atoms with Crippen LogP contribution in [0.4, 0.5) is 11.6 Å². The van der Waals surface area contributed by atoms with E-state index in [1.54, 1.807) is 6.20 Å². The normalized spacial score (nSPS) is 12.0. The van der Waals surface area contributed by atoms with Gasteiger partial charge in [-0.15, -0.1) is 0 Å². The number of fused-ring (bicyclic) bond motifs is 1. The second kappa shape index (κ2) is 8.52. The number of nitrogens with zero attached hydrogens (tertiary/aromatic N) is 4. The molecule has 0 radical (unpaired) electrons. The summed E-state index contributed by atoms with van der Waals surface area (Å²) in [5, 5.41) is 4.37. The summed E-state index contributed by atoms with van der Waals surface area (Å²) in [5.74, 6) is 1.47. The zero-order chi connectivity index (χ0) is 20.1. The van der Waals surface area contributed by atoms with Gasteiger partial charge >= 0.3 is 0 Å². The summed E-state index contributed by atoms with van der Waals surface area (Å²) in [6.07, 6.45) is 11.5. The maximum atomic E-state index is 4.57. The van der Waals surface area contributed by atoms with E-state index in [0.717, 1.165) is 29.1 Å². The van der Waals surface area contributed by atoms with Crippen LogP contribution in [0.15, 0.2) is 91.1 Å². The third-order valence-electron chi connectivity index (χ3n) is 4.79. The summed E-state index contributed by atoms with van der Waals surface area (Å²) in [7, 11) is 0. The fourth-order valence-corrected chi connectivity index (χ4v) is 3.37. The monoisotopic (exact) mass is 381 g/mol. The van der Waals surface area contributed by atoms with Crippen LogP contribution in [0.5, 0.6) is 0 Å². The lowest BCUT2D eigenvalue weighted by molar-refractivity contribution is 0.842. The second-order valence-electron chi connectivity index (χ2n) is 6.69. The largest absolute Gasteiger partial charge is 0.336 e. The summed E-state index contributed by atoms with van der Waals surface area (Å²) in [5.41, 5.74) is 4.74. The van der Waals surface area contributed by atoms with E-state index in [0.29, 0.717) is 0 Å². The maximum Gasteiger partial charge on any atom is 0.134 e. The highest BCUT2D eigenvalue weighted by atomic mass is 15.1. The Morgan fingerprint density at radius 1 is 1.03 bits per heavy atom. The Balaban J connectivity index is 1.83. The predicted molar refractivity (Wildman–Crippen MR) is 119 cm³/mol. The molecule has 5 heteroatoms. The summed E-state index contributed by atoms with van der Waals surface area (Å²) in [4.78, 5) is 12.8. The molecule has 0 fully saturated rings. The molecular formula is C24H23N5. The molecule has 0 saturated carbocycles. The molecule has 0 unspecified atom stereocenters. The summed E-state index contributed by atoms with van der Waals surface area (Å²) >= 11 is 0. The first-order valence-electron chi connectivity index (χ1n) is 9.64. The van der Waals surface area contributed by atoms with Gasteiger partial charge in [0.2, 0.25) is 0 Å². The Morgan fingerprint density at radius 3 is 2.62 bits per heavy atom. The van der Waals surface area contributed by atoms with E-state index >= 15 is 0 Å². The fraction of sp³-hybridized carbons (Fsp3) is 0.125. The van der Waals surface area contributed by atoms with Crippen LogP contribution in [-0.2, 0) is 6.54 Å². The quantitative estimate of drug-likeness (QED) is 0.432. The van der Waals surface area contributed by atoms with E-state index in [1.807, 2.05) is 25.3 Å². The smallest absolute Gasteiger partial charge is 0.134 e. The number of anilines is 2. The maximum absolute atomic E-state index is 4.57. The average Bonchev–Trinajstić information content (AvgIpc) is 3.12. The number of allylic oxidation sites excluding steroid dienone is 4. The van der Waals surface area contributed by atoms with Crippen molar-refractivity contribution in [2.24, 2.45) is 0 Å². The first-order valence-corrected chi connectivity index (χ1v) is 9.64. The van der Waals surface area contributed by atoms with Crippen LogP contribution in [0.3, 0.4) is 0 Å². The molecule has 0 aliphatic heterocycles. The molecule has 29 heavy (non-hydrogen) atoms. The minimum absolute atomic E-state index is 0.719. The first kappa shape index (κ1) is 18.6. The minimum Gasteiger partial charge on any atom is -0.336 e. The highest BCUT2D eigenvalue weighted by Crippen LogP contribution is 2.30. The van der Waals surface area contributed by atoms with Crippen LogP contribution < -0.4 is 5.32 Å². The SMILES string of the molecule is CC=CC(=CC)Cn1c(-c2ccccc2)cc2cnc(Nc3ccncn3)cc21. The van der Waals surface area contributed by atoms with E-state index in [2.05, 4.69) is 86.4 Å². The topological polar surface area (TPSA) is 55.6 Å². The number of hydrogen-bond donors (Lipinski definition) is 1. The van der Waals surface area contributed by atoms with Crippen LogP contribution in [0.25, 0.3) is 22.2 Å². The lowest BCUT2D eigenvalue weighted by Gasteiger charge is -2.13. The summed E-state index contributed by atoms with van der Waals surface area (Å²) < 4.78 is 2.34. The molecule has 3 aromatic heterocycles. The Bertz CT molecular complexity index is 1160. The van der Waals surface area contributed by atoms with E-state index in [1.165, 1.54) is 23.2 Å². The highest BCUT2D eigenvalue weighted by molar-refractivity contribution is 5.88. The zero-order valence-corrected chi connectivity index (χ0v) is 16.6. The molecule has 4 aromatic rings. The molecule has 0 spiro atoms. The fourth-order valence-electron chi connectivity index (χ4n) is 3.37. The second-order valence-corrected chi connectivity index (χ2v) is 6.69. The van der Waals surface area contributed by atoms with Gasteiger partial charge in [-0.3, -0.25) is 0 Å². The van der Waals surface area contributed by atoms with Crippen molar-refractivity contribution in [3.05, 3.63) is 91.1 Å². The van der Waals surface area contributed by atoms with Gasteiger partial charge < -0.3 is 9.88 Å². The van der Waals surface area contributed by atoms with Crippen LogP contribution in [0, 0.1) is 0 Å². The number of hydrogen-bond acceptors (Lipinski definition) is 4. The van der Waals surface area contributed by atoms with Gasteiger partial charge in [0.25, 0.3) is 0 Å². The van der Waals surface area contributed by atoms with E-state index in [-0.39, 0.29) is 0 Å². The molecule has 0 atom stereocenters. The van der Waals surface area contributed by atoms with Crippen LogP contribution in [-0.4, -0.2) is 19.5 Å². The summed E-state index contributed by atoms with van der Waals surface area (Å²) in [6, 6.07) is 16.6. The van der Waals surface area contributed by atoms with Crippen LogP contribution in [0.1, 0.15) is 13.8 Å². The molecule has 0 aliphatic rings.